The molecule has 1 aromatic carbocycles. The molecule has 1 aliphatic carbocycles. The number of carbonyl (C=O) groups is 2. The number of methoxy groups -OCH3 is 1. The lowest BCUT2D eigenvalue weighted by atomic mass is 9.87. The standard InChI is InChI=1S/C19H27NO5/c1-4-24-17-11-14(7-10-16(17)23-3)19(22)25-12-18(21)20-15-8-5-13(2)6-9-15/h7,10-11,13,15H,4-6,8-9,12H2,1-3H3,(H,20,21). The van der Waals surface area contributed by atoms with Gasteiger partial charge in [-0.05, 0) is 56.7 Å². The average molecular weight is 349 g/mol. The minimum absolute atomic E-state index is 0.188. The Hall–Kier alpha value is -2.24. The Balaban J connectivity index is 1.85. The van der Waals surface area contributed by atoms with Gasteiger partial charge in [0, 0.05) is 6.04 Å². The van der Waals surface area contributed by atoms with E-state index in [0.717, 1.165) is 31.6 Å². The maximum absolute atomic E-state index is 12.1. The third-order valence-corrected chi connectivity index (χ3v) is 4.41. The van der Waals surface area contributed by atoms with Crippen LogP contribution in [0.5, 0.6) is 11.5 Å². The Labute approximate surface area is 148 Å². The molecule has 2 rings (SSSR count). The summed E-state index contributed by atoms with van der Waals surface area (Å²) in [7, 11) is 1.53. The van der Waals surface area contributed by atoms with Gasteiger partial charge in [0.25, 0.3) is 5.91 Å². The van der Waals surface area contributed by atoms with Crippen LogP contribution >= 0.6 is 0 Å². The molecule has 0 saturated heterocycles. The zero-order chi connectivity index (χ0) is 18.2. The van der Waals surface area contributed by atoms with Gasteiger partial charge in [-0.25, -0.2) is 4.79 Å². The molecule has 1 fully saturated rings. The van der Waals surface area contributed by atoms with Gasteiger partial charge >= 0.3 is 5.97 Å². The van der Waals surface area contributed by atoms with E-state index in [9.17, 15) is 9.59 Å². The van der Waals surface area contributed by atoms with Crippen molar-refractivity contribution >= 4 is 11.9 Å². The van der Waals surface area contributed by atoms with Gasteiger partial charge < -0.3 is 19.5 Å². The predicted octanol–water partition coefficient (Wildman–Crippen LogP) is 2.95. The number of amides is 1. The van der Waals surface area contributed by atoms with E-state index >= 15 is 0 Å². The van der Waals surface area contributed by atoms with Gasteiger partial charge in [-0.15, -0.1) is 0 Å². The molecule has 0 unspecified atom stereocenters. The van der Waals surface area contributed by atoms with Crippen molar-refractivity contribution in [1.82, 2.24) is 5.32 Å². The first-order chi connectivity index (χ1) is 12.0. The Morgan fingerprint density at radius 3 is 2.52 bits per heavy atom. The van der Waals surface area contributed by atoms with Crippen LogP contribution in [-0.2, 0) is 9.53 Å². The lowest BCUT2D eigenvalue weighted by molar-refractivity contribution is -0.125. The van der Waals surface area contributed by atoms with Gasteiger partial charge in [0.15, 0.2) is 18.1 Å². The van der Waals surface area contributed by atoms with E-state index in [1.807, 2.05) is 6.92 Å². The number of carbonyl (C=O) groups excluding carboxylic acids is 2. The van der Waals surface area contributed by atoms with Gasteiger partial charge in [0.2, 0.25) is 0 Å². The lowest BCUT2D eigenvalue weighted by Gasteiger charge is -2.26. The molecule has 0 aliphatic heterocycles. The van der Waals surface area contributed by atoms with E-state index in [2.05, 4.69) is 12.2 Å². The summed E-state index contributed by atoms with van der Waals surface area (Å²) in [6, 6.07) is 4.98. The largest absolute Gasteiger partial charge is 0.493 e. The van der Waals surface area contributed by atoms with Crippen LogP contribution in [-0.4, -0.2) is 38.2 Å². The molecule has 1 saturated carbocycles. The molecular formula is C19H27NO5. The van der Waals surface area contributed by atoms with Crippen LogP contribution in [0, 0.1) is 5.92 Å². The van der Waals surface area contributed by atoms with Gasteiger partial charge in [-0.2, -0.15) is 0 Å². The molecule has 0 bridgehead atoms. The van der Waals surface area contributed by atoms with Crippen LogP contribution < -0.4 is 14.8 Å². The highest BCUT2D eigenvalue weighted by Gasteiger charge is 2.20. The summed E-state index contributed by atoms with van der Waals surface area (Å²) in [5.74, 6) is 0.922. The first kappa shape index (κ1) is 19.1. The second kappa shape index (κ2) is 9.30. The zero-order valence-corrected chi connectivity index (χ0v) is 15.2. The Morgan fingerprint density at radius 1 is 1.16 bits per heavy atom. The third kappa shape index (κ3) is 5.66. The lowest BCUT2D eigenvalue weighted by Crippen LogP contribution is -2.39. The minimum atomic E-state index is -0.559. The van der Waals surface area contributed by atoms with Crippen molar-refractivity contribution in [3.05, 3.63) is 23.8 Å². The molecule has 6 heteroatoms. The van der Waals surface area contributed by atoms with E-state index in [4.69, 9.17) is 14.2 Å². The molecule has 6 nitrogen and oxygen atoms in total. The highest BCUT2D eigenvalue weighted by molar-refractivity contribution is 5.92. The van der Waals surface area contributed by atoms with Crippen LogP contribution in [0.3, 0.4) is 0 Å². The molecule has 1 N–H and O–H groups in total. The summed E-state index contributed by atoms with van der Waals surface area (Å²) in [5.41, 5.74) is 0.323. The van der Waals surface area contributed by atoms with Crippen molar-refractivity contribution in [2.45, 2.75) is 45.6 Å². The molecule has 1 aliphatic rings. The van der Waals surface area contributed by atoms with E-state index < -0.39 is 5.97 Å². The fourth-order valence-corrected chi connectivity index (χ4v) is 2.96. The van der Waals surface area contributed by atoms with Crippen molar-refractivity contribution in [3.63, 3.8) is 0 Å². The first-order valence-corrected chi connectivity index (χ1v) is 8.80. The summed E-state index contributed by atoms with van der Waals surface area (Å²) < 4.78 is 15.7. The smallest absolute Gasteiger partial charge is 0.338 e. The molecule has 0 atom stereocenters. The summed E-state index contributed by atoms with van der Waals surface area (Å²) in [6.45, 7) is 4.25. The number of benzene rings is 1. The number of hydrogen-bond acceptors (Lipinski definition) is 5. The normalized spacial score (nSPS) is 19.8. The second-order valence-corrected chi connectivity index (χ2v) is 6.40. The molecule has 0 heterocycles. The van der Waals surface area contributed by atoms with Crippen LogP contribution in [0.4, 0.5) is 0 Å². The predicted molar refractivity (Wildman–Crippen MR) is 94.0 cm³/mol. The summed E-state index contributed by atoms with van der Waals surface area (Å²) >= 11 is 0. The van der Waals surface area contributed by atoms with Crippen molar-refractivity contribution < 1.29 is 23.8 Å². The molecular weight excluding hydrogens is 322 g/mol. The molecule has 25 heavy (non-hydrogen) atoms. The van der Waals surface area contributed by atoms with Crippen LogP contribution in [0.1, 0.15) is 49.9 Å². The average Bonchev–Trinajstić information content (AvgIpc) is 2.62. The van der Waals surface area contributed by atoms with Crippen LogP contribution in [0.15, 0.2) is 18.2 Å². The molecule has 1 aromatic rings. The zero-order valence-electron chi connectivity index (χ0n) is 15.2. The first-order valence-electron chi connectivity index (χ1n) is 8.80. The third-order valence-electron chi connectivity index (χ3n) is 4.41. The summed E-state index contributed by atoms with van der Waals surface area (Å²) in [6.07, 6.45) is 4.21. The molecule has 0 aromatic heterocycles. The van der Waals surface area contributed by atoms with Crippen molar-refractivity contribution in [2.24, 2.45) is 5.92 Å². The highest BCUT2D eigenvalue weighted by Crippen LogP contribution is 2.28. The monoisotopic (exact) mass is 349 g/mol. The van der Waals surface area contributed by atoms with E-state index in [-0.39, 0.29) is 18.6 Å². The fourth-order valence-electron chi connectivity index (χ4n) is 2.96. The maximum atomic E-state index is 12.1. The molecule has 0 spiro atoms. The molecule has 1 amide bonds. The number of hydrogen-bond donors (Lipinski definition) is 1. The van der Waals surface area contributed by atoms with E-state index in [1.165, 1.54) is 7.11 Å². The Bertz CT molecular complexity index is 593. The summed E-state index contributed by atoms with van der Waals surface area (Å²) in [5, 5.41) is 2.94. The Kier molecular flexibility index (Phi) is 7.10. The van der Waals surface area contributed by atoms with Crippen LogP contribution in [0.25, 0.3) is 0 Å². The number of ether oxygens (including phenoxy) is 3. The Morgan fingerprint density at radius 2 is 1.88 bits per heavy atom. The molecule has 0 radical (unpaired) electrons. The van der Waals surface area contributed by atoms with Gasteiger partial charge in [-0.3, -0.25) is 4.79 Å². The van der Waals surface area contributed by atoms with E-state index in [0.29, 0.717) is 23.7 Å². The van der Waals surface area contributed by atoms with Gasteiger partial charge in [0.1, 0.15) is 0 Å². The number of nitrogens with one attached hydrogen (secondary N) is 1. The number of rotatable bonds is 7. The van der Waals surface area contributed by atoms with Crippen molar-refractivity contribution in [1.29, 1.82) is 0 Å². The molecule has 138 valence electrons. The minimum Gasteiger partial charge on any atom is -0.493 e. The van der Waals surface area contributed by atoms with Crippen molar-refractivity contribution in [2.75, 3.05) is 20.3 Å². The van der Waals surface area contributed by atoms with Gasteiger partial charge in [0.05, 0.1) is 19.3 Å². The van der Waals surface area contributed by atoms with Crippen molar-refractivity contribution in [3.8, 4) is 11.5 Å². The fraction of sp³-hybridized carbons (Fsp3) is 0.579. The highest BCUT2D eigenvalue weighted by atomic mass is 16.5. The second-order valence-electron chi connectivity index (χ2n) is 6.40. The van der Waals surface area contributed by atoms with E-state index in [1.54, 1.807) is 18.2 Å². The van der Waals surface area contributed by atoms with Crippen LogP contribution in [0.2, 0.25) is 0 Å². The number of esters is 1. The maximum Gasteiger partial charge on any atom is 0.338 e. The summed E-state index contributed by atoms with van der Waals surface area (Å²) in [4.78, 5) is 24.1. The van der Waals surface area contributed by atoms with Gasteiger partial charge in [-0.1, -0.05) is 6.92 Å². The quantitative estimate of drug-likeness (QED) is 0.766. The SMILES string of the molecule is CCOc1cc(C(=O)OCC(=O)NC2CCC(C)CC2)ccc1OC. The topological polar surface area (TPSA) is 73.9 Å².